The summed E-state index contributed by atoms with van der Waals surface area (Å²) in [5, 5.41) is 42.2. The molecule has 1 aromatic rings. The molecule has 9 N–H and O–H groups in total. The van der Waals surface area contributed by atoms with E-state index in [1.54, 1.807) is 0 Å². The van der Waals surface area contributed by atoms with Gasteiger partial charge in [-0.3, -0.25) is 24.1 Å². The van der Waals surface area contributed by atoms with Crippen LogP contribution in [0.1, 0.15) is 36.2 Å². The number of hydrogen-bond donors (Lipinski definition) is 7. The molecule has 0 aliphatic heterocycles. The molecule has 1 aromatic carbocycles. The van der Waals surface area contributed by atoms with Crippen LogP contribution in [0.4, 0.5) is 10.1 Å². The Bertz CT molecular complexity index is 1490. The Hall–Kier alpha value is -4.05. The fourth-order valence-corrected chi connectivity index (χ4v) is 6.35. The molecular weight excluding hydrogens is 555 g/mol. The van der Waals surface area contributed by atoms with Crippen molar-refractivity contribution in [2.75, 3.05) is 32.5 Å². The summed E-state index contributed by atoms with van der Waals surface area (Å²) in [5.74, 6) is -8.49. The first-order valence-electron chi connectivity index (χ1n) is 13.2. The minimum atomic E-state index is -3.12. The van der Waals surface area contributed by atoms with Crippen LogP contribution in [0.25, 0.3) is 0 Å². The number of nitrogens with zero attached hydrogens (tertiary/aromatic N) is 2. The van der Waals surface area contributed by atoms with Gasteiger partial charge in [-0.15, -0.1) is 4.91 Å². The lowest BCUT2D eigenvalue weighted by Gasteiger charge is -2.56. The minimum absolute atomic E-state index is 0.160. The normalized spacial score (nSPS) is 27.2. The zero-order chi connectivity index (χ0) is 31.5. The van der Waals surface area contributed by atoms with Crippen LogP contribution >= 0.6 is 0 Å². The van der Waals surface area contributed by atoms with Gasteiger partial charge in [-0.2, -0.15) is 0 Å². The minimum Gasteiger partial charge on any atom is -0.508 e. The van der Waals surface area contributed by atoms with E-state index >= 15 is 4.39 Å². The number of hydrogen-bond acceptors (Lipinski definition) is 12. The Balaban J connectivity index is 1.86. The van der Waals surface area contributed by atoms with Crippen molar-refractivity contribution in [3.63, 3.8) is 0 Å². The molecule has 42 heavy (non-hydrogen) atoms. The number of nitroso groups, excluding NO2 is 1. The van der Waals surface area contributed by atoms with Gasteiger partial charge in [-0.1, -0.05) is 13.8 Å². The Morgan fingerprint density at radius 1 is 1.26 bits per heavy atom. The number of primary amides is 1. The second-order valence-corrected chi connectivity index (χ2v) is 11.5. The smallest absolute Gasteiger partial charge is 0.254 e. The number of rotatable bonds is 8. The van der Waals surface area contributed by atoms with Crippen molar-refractivity contribution in [3.8, 4) is 5.75 Å². The molecule has 0 heterocycles. The van der Waals surface area contributed by atoms with Crippen molar-refractivity contribution in [1.82, 2.24) is 10.2 Å². The summed E-state index contributed by atoms with van der Waals surface area (Å²) in [6.07, 6.45) is -0.766. The predicted octanol–water partition coefficient (Wildman–Crippen LogP) is -0.266. The van der Waals surface area contributed by atoms with E-state index in [0.29, 0.717) is 6.54 Å². The number of nitrogens with two attached hydrogens (primary N) is 2. The molecule has 226 valence electrons. The zero-order valence-corrected chi connectivity index (χ0v) is 23.4. The largest absolute Gasteiger partial charge is 0.508 e. The molecule has 4 atom stereocenters. The van der Waals surface area contributed by atoms with Gasteiger partial charge >= 0.3 is 0 Å². The van der Waals surface area contributed by atoms with Gasteiger partial charge < -0.3 is 37.4 Å². The number of benzene rings is 1. The van der Waals surface area contributed by atoms with E-state index in [1.807, 2.05) is 13.8 Å². The van der Waals surface area contributed by atoms with E-state index in [4.69, 9.17) is 11.5 Å². The van der Waals surface area contributed by atoms with Crippen molar-refractivity contribution in [2.45, 2.75) is 43.9 Å². The van der Waals surface area contributed by atoms with E-state index in [2.05, 4.69) is 15.8 Å². The lowest BCUT2D eigenvalue weighted by molar-refractivity contribution is -0.150. The molecule has 0 spiro atoms. The lowest BCUT2D eigenvalue weighted by Crippen LogP contribution is -2.78. The van der Waals surface area contributed by atoms with Crippen molar-refractivity contribution < 1.29 is 38.9 Å². The Morgan fingerprint density at radius 3 is 2.45 bits per heavy atom. The average Bonchev–Trinajstić information content (AvgIpc) is 2.88. The number of phenolic OH excluding ortho intramolecular Hbond substituents is 1. The number of carbonyl (C=O) groups is 4. The number of fused-ring (bicyclic) bond motifs is 3. The van der Waals surface area contributed by atoms with Crippen molar-refractivity contribution in [1.29, 1.82) is 0 Å². The summed E-state index contributed by atoms with van der Waals surface area (Å²) in [4.78, 5) is 65.1. The van der Waals surface area contributed by atoms with Gasteiger partial charge in [0.2, 0.25) is 17.3 Å². The molecule has 2 amide bonds. The maximum Gasteiger partial charge on any atom is 0.254 e. The lowest BCUT2D eigenvalue weighted by atomic mass is 9.54. The van der Waals surface area contributed by atoms with Gasteiger partial charge in [0, 0.05) is 17.2 Å². The van der Waals surface area contributed by atoms with Crippen LogP contribution < -0.4 is 22.1 Å². The maximum absolute atomic E-state index is 15.4. The van der Waals surface area contributed by atoms with E-state index in [-0.39, 0.29) is 24.4 Å². The fraction of sp³-hybridized carbons (Fsp3) is 0.481. The molecule has 0 aromatic heterocycles. The third-order valence-electron chi connectivity index (χ3n) is 8.07. The molecular formula is C27H33FN6O8. The summed E-state index contributed by atoms with van der Waals surface area (Å²) in [6.45, 7) is 4.22. The number of allylic oxidation sites excluding steroid dienone is 1. The number of aromatic hydroxyl groups is 1. The number of anilines is 1. The Labute approximate surface area is 239 Å². The summed E-state index contributed by atoms with van der Waals surface area (Å²) < 4.78 is 15.4. The van der Waals surface area contributed by atoms with Crippen LogP contribution in [-0.4, -0.2) is 88.0 Å². The standard InChI is InChI=1S/C27H33FN6O8/c1-10(2)8-31-9-15(35)32-14-6-13(28)12-5-11-7-26(30)22(34(3)4)19(33-42)18(25(29)40)24(39)27(26,41)23(38)16(11)21(37)17(12)20(14)36/h6,10-11,22,31,36,38,41H,5,7-9,30H2,1-4H3,(H2,29,40)(H,32,35)/t11-,22+,26+,27-/m0/s1. The van der Waals surface area contributed by atoms with Crippen LogP contribution in [0, 0.1) is 22.6 Å². The number of Topliss-reactive ketones (excluding diaryl/α,β-unsaturated/α-hetero) is 2. The van der Waals surface area contributed by atoms with Gasteiger partial charge in [-0.25, -0.2) is 4.39 Å². The van der Waals surface area contributed by atoms with Crippen LogP contribution in [-0.2, 0) is 20.8 Å². The van der Waals surface area contributed by atoms with E-state index in [0.717, 1.165) is 6.07 Å². The fourth-order valence-electron chi connectivity index (χ4n) is 6.35. The monoisotopic (exact) mass is 588 g/mol. The molecule has 0 unspecified atom stereocenters. The molecule has 14 nitrogen and oxygen atoms in total. The second-order valence-electron chi connectivity index (χ2n) is 11.5. The number of likely N-dealkylation sites (N-methyl/N-ethyl adjacent to an activating group) is 1. The van der Waals surface area contributed by atoms with Crippen LogP contribution in [0.5, 0.6) is 5.75 Å². The summed E-state index contributed by atoms with van der Waals surface area (Å²) in [7, 11) is 2.84. The highest BCUT2D eigenvalue weighted by molar-refractivity contribution is 6.25. The number of phenols is 1. The Morgan fingerprint density at radius 2 is 1.90 bits per heavy atom. The van der Waals surface area contributed by atoms with Gasteiger partial charge in [0.1, 0.15) is 22.8 Å². The van der Waals surface area contributed by atoms with Crippen molar-refractivity contribution in [3.05, 3.63) is 50.5 Å². The number of ketones is 2. The highest BCUT2D eigenvalue weighted by atomic mass is 19.1. The Kier molecular flexibility index (Phi) is 7.84. The molecule has 3 aliphatic rings. The van der Waals surface area contributed by atoms with Gasteiger partial charge in [0.15, 0.2) is 11.5 Å². The first-order valence-corrected chi connectivity index (χ1v) is 13.2. The average molecular weight is 589 g/mol. The third kappa shape index (κ3) is 4.40. The van der Waals surface area contributed by atoms with E-state index in [9.17, 15) is 39.4 Å². The summed E-state index contributed by atoms with van der Waals surface area (Å²) in [5.41, 5.74) is 3.20. The number of aliphatic hydroxyl groups is 2. The van der Waals surface area contributed by atoms with Crippen molar-refractivity contribution >= 4 is 29.1 Å². The highest BCUT2D eigenvalue weighted by Gasteiger charge is 2.70. The molecule has 0 saturated heterocycles. The maximum atomic E-state index is 15.4. The molecule has 4 rings (SSSR count). The number of aliphatic hydroxyl groups excluding tert-OH is 1. The van der Waals surface area contributed by atoms with Crippen LogP contribution in [0.2, 0.25) is 0 Å². The first-order chi connectivity index (χ1) is 19.5. The molecule has 0 radical (unpaired) electrons. The molecule has 0 saturated carbocycles. The SMILES string of the molecule is CC(C)CNCC(=O)Nc1cc(F)c2c(c1O)C(=O)C1=C(O)[C@]3(O)C(=O)C(C(N)=O)=C(N=O)[C@@H](N(C)C)[C@]3(N)C[C@@H]1C2. The van der Waals surface area contributed by atoms with Gasteiger partial charge in [0.05, 0.1) is 29.4 Å². The first kappa shape index (κ1) is 30.9. The van der Waals surface area contributed by atoms with Crippen molar-refractivity contribution in [2.24, 2.45) is 28.5 Å². The molecule has 0 fully saturated rings. The zero-order valence-electron chi connectivity index (χ0n) is 23.4. The molecule has 0 bridgehead atoms. The number of carbonyl (C=O) groups excluding carboxylic acids is 4. The number of amides is 2. The second kappa shape index (κ2) is 10.7. The summed E-state index contributed by atoms with van der Waals surface area (Å²) in [6, 6.07) is -0.586. The van der Waals surface area contributed by atoms with Crippen LogP contribution in [0.3, 0.4) is 0 Å². The van der Waals surface area contributed by atoms with Gasteiger partial charge in [-0.05, 0) is 50.5 Å². The van der Waals surface area contributed by atoms with Crippen LogP contribution in [0.15, 0.2) is 33.8 Å². The van der Waals surface area contributed by atoms with E-state index in [1.165, 1.54) is 19.0 Å². The third-order valence-corrected chi connectivity index (χ3v) is 8.07. The highest BCUT2D eigenvalue weighted by Crippen LogP contribution is 2.54. The topological polar surface area (TPSA) is 238 Å². The van der Waals surface area contributed by atoms with E-state index < -0.39 is 98.3 Å². The van der Waals surface area contributed by atoms with Gasteiger partial charge in [0.25, 0.3) is 5.91 Å². The molecule has 3 aliphatic carbocycles. The quantitative estimate of drug-likeness (QED) is 0.119. The number of halogens is 1. The summed E-state index contributed by atoms with van der Waals surface area (Å²) >= 11 is 0. The molecule has 15 heteroatoms. The predicted molar refractivity (Wildman–Crippen MR) is 147 cm³/mol. The number of nitrogens with one attached hydrogen (secondary N) is 2.